The maximum Gasteiger partial charge on any atom is 0.338 e. The highest BCUT2D eigenvalue weighted by atomic mass is 35.5. The van der Waals surface area contributed by atoms with Crippen LogP contribution in [0.4, 0.5) is 0 Å². The predicted octanol–water partition coefficient (Wildman–Crippen LogP) is 5.51. The number of esters is 1. The maximum atomic E-state index is 12.8. The molecule has 0 aliphatic heterocycles. The summed E-state index contributed by atoms with van der Waals surface area (Å²) in [5.74, 6) is 0.790. The summed E-state index contributed by atoms with van der Waals surface area (Å²) in [6.07, 6.45) is 1.77. The van der Waals surface area contributed by atoms with Gasteiger partial charge in [-0.2, -0.15) is 0 Å². The van der Waals surface area contributed by atoms with Crippen LogP contribution >= 0.6 is 11.6 Å². The number of carbonyl (C=O) groups excluding carboxylic acids is 1. The Morgan fingerprint density at radius 2 is 1.52 bits per heavy atom. The monoisotopic (exact) mass is 408 g/mol. The van der Waals surface area contributed by atoms with Crippen LogP contribution in [0, 0.1) is 0 Å². The number of para-hydroxylation sites is 2. The van der Waals surface area contributed by atoms with Crippen LogP contribution in [0.1, 0.15) is 11.1 Å². The number of ether oxygens (including phenoxy) is 3. The molecule has 0 atom stereocenters. The minimum Gasteiger partial charge on any atom is -0.496 e. The summed E-state index contributed by atoms with van der Waals surface area (Å²) < 4.78 is 16.4. The fraction of sp³-hybridized carbons (Fsp3) is 0.125. The Kier molecular flexibility index (Phi) is 7.31. The molecule has 0 saturated heterocycles. The van der Waals surface area contributed by atoms with E-state index in [1.807, 2.05) is 66.7 Å². The Morgan fingerprint density at radius 3 is 2.24 bits per heavy atom. The number of benzene rings is 3. The molecule has 0 aromatic heterocycles. The predicted molar refractivity (Wildman–Crippen MR) is 115 cm³/mol. The molecule has 5 heteroatoms. The zero-order valence-corrected chi connectivity index (χ0v) is 16.8. The number of carbonyl (C=O) groups is 1. The molecule has 0 aliphatic rings. The fourth-order valence-corrected chi connectivity index (χ4v) is 2.93. The SMILES string of the molecule is COc1ccccc1/C=C(/C(=O)OCCOc1ccccc1Cl)c1ccccc1. The molecule has 148 valence electrons. The zero-order chi connectivity index (χ0) is 20.5. The van der Waals surface area contributed by atoms with Crippen molar-refractivity contribution < 1.29 is 19.0 Å². The van der Waals surface area contributed by atoms with E-state index in [0.29, 0.717) is 22.1 Å². The van der Waals surface area contributed by atoms with Gasteiger partial charge in [-0.15, -0.1) is 0 Å². The van der Waals surface area contributed by atoms with E-state index in [2.05, 4.69) is 0 Å². The van der Waals surface area contributed by atoms with E-state index >= 15 is 0 Å². The first-order chi connectivity index (χ1) is 14.2. The maximum absolute atomic E-state index is 12.8. The third-order valence-electron chi connectivity index (χ3n) is 4.15. The van der Waals surface area contributed by atoms with E-state index in [4.69, 9.17) is 25.8 Å². The molecule has 0 bridgehead atoms. The highest BCUT2D eigenvalue weighted by Gasteiger charge is 2.15. The van der Waals surface area contributed by atoms with Crippen LogP contribution in [0.2, 0.25) is 5.02 Å². The molecule has 3 aromatic rings. The lowest BCUT2D eigenvalue weighted by molar-refractivity contribution is -0.137. The van der Waals surface area contributed by atoms with Crippen molar-refractivity contribution in [3.8, 4) is 11.5 Å². The zero-order valence-electron chi connectivity index (χ0n) is 16.0. The molecule has 0 spiro atoms. The Labute approximate surface area is 175 Å². The lowest BCUT2D eigenvalue weighted by atomic mass is 10.0. The average Bonchev–Trinajstić information content (AvgIpc) is 2.77. The van der Waals surface area contributed by atoms with E-state index < -0.39 is 5.97 Å². The Bertz CT molecular complexity index is 983. The first kappa shape index (κ1) is 20.5. The van der Waals surface area contributed by atoms with Gasteiger partial charge in [0.1, 0.15) is 24.7 Å². The van der Waals surface area contributed by atoms with Crippen molar-refractivity contribution in [3.05, 3.63) is 95.0 Å². The number of halogens is 1. The first-order valence-corrected chi connectivity index (χ1v) is 9.51. The van der Waals surface area contributed by atoms with Gasteiger partial charge < -0.3 is 14.2 Å². The van der Waals surface area contributed by atoms with Gasteiger partial charge in [-0.3, -0.25) is 0 Å². The van der Waals surface area contributed by atoms with E-state index in [-0.39, 0.29) is 13.2 Å². The quantitative estimate of drug-likeness (QED) is 0.213. The molecule has 29 heavy (non-hydrogen) atoms. The minimum absolute atomic E-state index is 0.0974. The van der Waals surface area contributed by atoms with Gasteiger partial charge >= 0.3 is 5.97 Å². The number of hydrogen-bond donors (Lipinski definition) is 0. The van der Waals surface area contributed by atoms with Crippen LogP contribution in [-0.4, -0.2) is 26.3 Å². The van der Waals surface area contributed by atoms with Gasteiger partial charge in [0, 0.05) is 5.56 Å². The highest BCUT2D eigenvalue weighted by molar-refractivity contribution is 6.32. The minimum atomic E-state index is -0.440. The average molecular weight is 409 g/mol. The summed E-state index contributed by atoms with van der Waals surface area (Å²) in [6.45, 7) is 0.298. The van der Waals surface area contributed by atoms with Gasteiger partial charge in [-0.1, -0.05) is 72.3 Å². The summed E-state index contributed by atoms with van der Waals surface area (Å²) >= 11 is 6.06. The largest absolute Gasteiger partial charge is 0.496 e. The van der Waals surface area contributed by atoms with Gasteiger partial charge in [0.05, 0.1) is 17.7 Å². The second kappa shape index (κ2) is 10.3. The molecular weight excluding hydrogens is 388 g/mol. The fourth-order valence-electron chi connectivity index (χ4n) is 2.74. The molecule has 0 fully saturated rings. The summed E-state index contributed by atoms with van der Waals surface area (Å²) in [6, 6.07) is 24.0. The van der Waals surface area contributed by atoms with Crippen molar-refractivity contribution >= 4 is 29.2 Å². The molecule has 0 N–H and O–H groups in total. The normalized spacial score (nSPS) is 11.0. The van der Waals surface area contributed by atoms with Gasteiger partial charge in [0.2, 0.25) is 0 Å². The van der Waals surface area contributed by atoms with Crippen LogP contribution in [0.5, 0.6) is 11.5 Å². The second-order valence-electron chi connectivity index (χ2n) is 6.08. The molecule has 0 radical (unpaired) electrons. The lowest BCUT2D eigenvalue weighted by Gasteiger charge is -2.12. The number of methoxy groups -OCH3 is 1. The molecule has 0 saturated carbocycles. The van der Waals surface area contributed by atoms with Crippen molar-refractivity contribution in [2.75, 3.05) is 20.3 Å². The molecule has 3 aromatic carbocycles. The topological polar surface area (TPSA) is 44.8 Å². The Morgan fingerprint density at radius 1 is 0.862 bits per heavy atom. The van der Waals surface area contributed by atoms with Crippen molar-refractivity contribution in [2.24, 2.45) is 0 Å². The summed E-state index contributed by atoms with van der Waals surface area (Å²) in [4.78, 5) is 12.8. The van der Waals surface area contributed by atoms with Gasteiger partial charge in [0.15, 0.2) is 0 Å². The third-order valence-corrected chi connectivity index (χ3v) is 4.47. The van der Waals surface area contributed by atoms with E-state index in [1.165, 1.54) is 0 Å². The highest BCUT2D eigenvalue weighted by Crippen LogP contribution is 2.26. The Balaban J connectivity index is 1.73. The molecule has 3 rings (SSSR count). The molecule has 4 nitrogen and oxygen atoms in total. The van der Waals surface area contributed by atoms with Crippen molar-refractivity contribution in [1.82, 2.24) is 0 Å². The van der Waals surface area contributed by atoms with Crippen LogP contribution in [0.3, 0.4) is 0 Å². The number of rotatable bonds is 8. The van der Waals surface area contributed by atoms with Crippen molar-refractivity contribution in [2.45, 2.75) is 0 Å². The van der Waals surface area contributed by atoms with Crippen molar-refractivity contribution in [3.63, 3.8) is 0 Å². The van der Waals surface area contributed by atoms with E-state index in [0.717, 1.165) is 11.1 Å². The van der Waals surface area contributed by atoms with Gasteiger partial charge in [-0.05, 0) is 29.8 Å². The smallest absolute Gasteiger partial charge is 0.338 e. The summed E-state index contributed by atoms with van der Waals surface area (Å²) in [5, 5.41) is 0.514. The summed E-state index contributed by atoms with van der Waals surface area (Å²) in [7, 11) is 1.60. The van der Waals surface area contributed by atoms with Crippen LogP contribution in [0.15, 0.2) is 78.9 Å². The third kappa shape index (κ3) is 5.62. The lowest BCUT2D eigenvalue weighted by Crippen LogP contribution is -2.13. The standard InChI is InChI=1S/C24H21ClO4/c1-27-22-13-7-5-11-19(22)17-20(18-9-3-2-4-10-18)24(26)29-16-15-28-23-14-8-6-12-21(23)25/h2-14,17H,15-16H2,1H3/b20-17+. The Hall–Kier alpha value is -3.24. The molecule has 0 aliphatic carbocycles. The van der Waals surface area contributed by atoms with E-state index in [9.17, 15) is 4.79 Å². The molecule has 0 amide bonds. The van der Waals surface area contributed by atoms with Gasteiger partial charge in [-0.25, -0.2) is 4.79 Å². The number of hydrogen-bond acceptors (Lipinski definition) is 4. The molecule has 0 unspecified atom stereocenters. The second-order valence-corrected chi connectivity index (χ2v) is 6.49. The van der Waals surface area contributed by atoms with Crippen molar-refractivity contribution in [1.29, 1.82) is 0 Å². The van der Waals surface area contributed by atoms with Crippen LogP contribution in [0.25, 0.3) is 11.6 Å². The molecular formula is C24H21ClO4. The van der Waals surface area contributed by atoms with Crippen LogP contribution in [-0.2, 0) is 9.53 Å². The van der Waals surface area contributed by atoms with Crippen LogP contribution < -0.4 is 9.47 Å². The summed E-state index contributed by atoms with van der Waals surface area (Å²) in [5.41, 5.74) is 1.99. The van der Waals surface area contributed by atoms with Gasteiger partial charge in [0.25, 0.3) is 0 Å². The first-order valence-electron chi connectivity index (χ1n) is 9.13. The molecule has 0 heterocycles. The van der Waals surface area contributed by atoms with E-state index in [1.54, 1.807) is 25.3 Å².